The van der Waals surface area contributed by atoms with Crippen LogP contribution in [0.1, 0.15) is 34.1 Å². The number of aromatic nitrogens is 1. The number of hydrogen-bond acceptors (Lipinski definition) is 4. The number of oxazole rings is 1. The van der Waals surface area contributed by atoms with E-state index < -0.39 is 5.97 Å². The van der Waals surface area contributed by atoms with E-state index in [-0.39, 0.29) is 12.4 Å². The highest BCUT2D eigenvalue weighted by molar-refractivity contribution is 5.85. The molecule has 0 aliphatic carbocycles. The Morgan fingerprint density at radius 3 is 2.70 bits per heavy atom. The Morgan fingerprint density at radius 2 is 2.05 bits per heavy atom. The molecule has 1 aromatic carbocycles. The predicted octanol–water partition coefficient (Wildman–Crippen LogP) is 2.69. The summed E-state index contributed by atoms with van der Waals surface area (Å²) in [6.07, 6.45) is 2.38. The van der Waals surface area contributed by atoms with E-state index in [4.69, 9.17) is 14.3 Å². The van der Waals surface area contributed by atoms with Crippen LogP contribution in [0.2, 0.25) is 0 Å². The molecule has 1 heterocycles. The van der Waals surface area contributed by atoms with Gasteiger partial charge in [0.05, 0.1) is 6.61 Å². The normalized spacial score (nSPS) is 10.7. The van der Waals surface area contributed by atoms with Gasteiger partial charge in [0.1, 0.15) is 5.69 Å². The van der Waals surface area contributed by atoms with E-state index >= 15 is 0 Å². The number of methoxy groups -OCH3 is 1. The summed E-state index contributed by atoms with van der Waals surface area (Å²) in [5, 5.41) is 9.02. The first-order valence-electron chi connectivity index (χ1n) is 6.45. The number of carbonyl (C=O) groups is 1. The lowest BCUT2D eigenvalue weighted by atomic mass is 10.1. The Labute approximate surface area is 117 Å². The Morgan fingerprint density at radius 1 is 1.30 bits per heavy atom. The van der Waals surface area contributed by atoms with Crippen molar-refractivity contribution in [3.63, 3.8) is 0 Å². The highest BCUT2D eigenvalue weighted by Crippen LogP contribution is 2.15. The molecule has 0 amide bonds. The van der Waals surface area contributed by atoms with Gasteiger partial charge in [0, 0.05) is 13.5 Å². The monoisotopic (exact) mass is 275 g/mol. The summed E-state index contributed by atoms with van der Waals surface area (Å²) in [4.78, 5) is 15.2. The summed E-state index contributed by atoms with van der Waals surface area (Å²) >= 11 is 0. The quantitative estimate of drug-likeness (QED) is 0.841. The van der Waals surface area contributed by atoms with E-state index in [1.54, 1.807) is 0 Å². The van der Waals surface area contributed by atoms with Crippen LogP contribution >= 0.6 is 0 Å². The molecule has 106 valence electrons. The zero-order chi connectivity index (χ0) is 14.4. The van der Waals surface area contributed by atoms with Gasteiger partial charge in [-0.25, -0.2) is 9.78 Å². The zero-order valence-electron chi connectivity index (χ0n) is 11.3. The van der Waals surface area contributed by atoms with Crippen molar-refractivity contribution in [1.82, 2.24) is 4.98 Å². The number of benzene rings is 1. The lowest BCUT2D eigenvalue weighted by Crippen LogP contribution is -2.00. The number of nitrogens with zero attached hydrogens (tertiary/aromatic N) is 1. The molecule has 0 radical (unpaired) electrons. The number of carboxylic acid groups (broad SMARTS) is 1. The molecule has 5 heteroatoms. The molecule has 0 fully saturated rings. The largest absolute Gasteiger partial charge is 0.475 e. The fourth-order valence-corrected chi connectivity index (χ4v) is 2.00. The van der Waals surface area contributed by atoms with Crippen molar-refractivity contribution < 1.29 is 19.1 Å². The van der Waals surface area contributed by atoms with Gasteiger partial charge in [-0.3, -0.25) is 0 Å². The van der Waals surface area contributed by atoms with Crippen molar-refractivity contribution in [3.8, 4) is 0 Å². The highest BCUT2D eigenvalue weighted by atomic mass is 16.5. The molecule has 20 heavy (non-hydrogen) atoms. The van der Waals surface area contributed by atoms with Crippen LogP contribution in [0.5, 0.6) is 0 Å². The number of carboxylic acids is 1. The average Bonchev–Trinajstić information content (AvgIpc) is 2.84. The van der Waals surface area contributed by atoms with Gasteiger partial charge in [-0.2, -0.15) is 0 Å². The molecule has 0 bridgehead atoms. The van der Waals surface area contributed by atoms with Crippen LogP contribution < -0.4 is 0 Å². The summed E-state index contributed by atoms with van der Waals surface area (Å²) in [6.45, 7) is 0.143. The third kappa shape index (κ3) is 3.68. The molecule has 0 atom stereocenters. The SMILES string of the molecule is COCc1nc(CCCc2ccccc2)oc1C(=O)O. The molecular weight excluding hydrogens is 258 g/mol. The van der Waals surface area contributed by atoms with Crippen LogP contribution in [0.15, 0.2) is 34.7 Å². The minimum atomic E-state index is -1.11. The maximum absolute atomic E-state index is 11.0. The first-order chi connectivity index (χ1) is 9.70. The third-order valence-corrected chi connectivity index (χ3v) is 2.92. The number of aromatic carboxylic acids is 1. The third-order valence-electron chi connectivity index (χ3n) is 2.92. The molecule has 2 rings (SSSR count). The molecule has 0 aliphatic rings. The second-order valence-electron chi connectivity index (χ2n) is 4.46. The molecule has 5 nitrogen and oxygen atoms in total. The number of ether oxygens (including phenoxy) is 1. The van der Waals surface area contributed by atoms with Crippen LogP contribution in [0.25, 0.3) is 0 Å². The minimum Gasteiger partial charge on any atom is -0.475 e. The second kappa shape index (κ2) is 6.86. The zero-order valence-corrected chi connectivity index (χ0v) is 11.3. The van der Waals surface area contributed by atoms with Gasteiger partial charge in [0.15, 0.2) is 5.89 Å². The predicted molar refractivity (Wildman–Crippen MR) is 72.6 cm³/mol. The van der Waals surface area contributed by atoms with E-state index in [1.165, 1.54) is 12.7 Å². The van der Waals surface area contributed by atoms with Gasteiger partial charge in [0.25, 0.3) is 0 Å². The number of rotatable bonds is 7. The van der Waals surface area contributed by atoms with Crippen LogP contribution in [0.3, 0.4) is 0 Å². The molecule has 0 saturated heterocycles. The fourth-order valence-electron chi connectivity index (χ4n) is 2.00. The molecule has 0 aliphatic heterocycles. The van der Waals surface area contributed by atoms with E-state index in [0.717, 1.165) is 12.8 Å². The van der Waals surface area contributed by atoms with E-state index in [9.17, 15) is 4.79 Å². The standard InChI is InChI=1S/C15H17NO4/c1-19-10-12-14(15(17)18)20-13(16-12)9-5-8-11-6-3-2-4-7-11/h2-4,6-7H,5,8-10H2,1H3,(H,17,18). The lowest BCUT2D eigenvalue weighted by Gasteiger charge is -1.98. The van der Waals surface area contributed by atoms with E-state index in [1.807, 2.05) is 18.2 Å². The Hall–Kier alpha value is -2.14. The van der Waals surface area contributed by atoms with Crippen LogP contribution in [0.4, 0.5) is 0 Å². The highest BCUT2D eigenvalue weighted by Gasteiger charge is 2.18. The first kappa shape index (κ1) is 14.3. The van der Waals surface area contributed by atoms with Crippen LogP contribution in [0, 0.1) is 0 Å². The van der Waals surface area contributed by atoms with Gasteiger partial charge >= 0.3 is 5.97 Å². The molecule has 1 N–H and O–H groups in total. The summed E-state index contributed by atoms with van der Waals surface area (Å²) in [7, 11) is 1.50. The van der Waals surface area contributed by atoms with Gasteiger partial charge in [-0.05, 0) is 18.4 Å². The van der Waals surface area contributed by atoms with Crippen molar-refractivity contribution in [2.75, 3.05) is 7.11 Å². The summed E-state index contributed by atoms with van der Waals surface area (Å²) in [6, 6.07) is 10.1. The van der Waals surface area contributed by atoms with Crippen molar-refractivity contribution in [2.45, 2.75) is 25.9 Å². The molecule has 1 aromatic heterocycles. The topological polar surface area (TPSA) is 72.6 Å². The Kier molecular flexibility index (Phi) is 4.90. The summed E-state index contributed by atoms with van der Waals surface area (Å²) in [5.41, 5.74) is 1.59. The Balaban J connectivity index is 1.96. The molecule has 0 saturated carbocycles. The average molecular weight is 275 g/mol. The van der Waals surface area contributed by atoms with Crippen molar-refractivity contribution in [1.29, 1.82) is 0 Å². The minimum absolute atomic E-state index is 0.124. The van der Waals surface area contributed by atoms with E-state index in [0.29, 0.717) is 18.0 Å². The molecule has 2 aromatic rings. The molecule has 0 spiro atoms. The number of aryl methyl sites for hydroxylation is 2. The number of hydrogen-bond donors (Lipinski definition) is 1. The summed E-state index contributed by atoms with van der Waals surface area (Å²) in [5.74, 6) is -0.786. The second-order valence-corrected chi connectivity index (χ2v) is 4.46. The fraction of sp³-hybridized carbons (Fsp3) is 0.333. The lowest BCUT2D eigenvalue weighted by molar-refractivity contribution is 0.0653. The van der Waals surface area contributed by atoms with Crippen LogP contribution in [-0.4, -0.2) is 23.2 Å². The van der Waals surface area contributed by atoms with Gasteiger partial charge in [-0.15, -0.1) is 0 Å². The van der Waals surface area contributed by atoms with Gasteiger partial charge in [-0.1, -0.05) is 30.3 Å². The van der Waals surface area contributed by atoms with Gasteiger partial charge in [0.2, 0.25) is 5.76 Å². The maximum Gasteiger partial charge on any atom is 0.373 e. The van der Waals surface area contributed by atoms with E-state index in [2.05, 4.69) is 17.1 Å². The van der Waals surface area contributed by atoms with Crippen molar-refractivity contribution >= 4 is 5.97 Å². The van der Waals surface area contributed by atoms with Crippen LogP contribution in [-0.2, 0) is 24.2 Å². The molecule has 0 unspecified atom stereocenters. The molecular formula is C15H17NO4. The van der Waals surface area contributed by atoms with Crippen molar-refractivity contribution in [3.05, 3.63) is 53.2 Å². The smallest absolute Gasteiger partial charge is 0.373 e. The Bertz CT molecular complexity index is 563. The van der Waals surface area contributed by atoms with Crippen molar-refractivity contribution in [2.24, 2.45) is 0 Å². The first-order valence-corrected chi connectivity index (χ1v) is 6.45. The maximum atomic E-state index is 11.0. The summed E-state index contributed by atoms with van der Waals surface area (Å²) < 4.78 is 10.2. The van der Waals surface area contributed by atoms with Gasteiger partial charge < -0.3 is 14.3 Å².